The lowest BCUT2D eigenvalue weighted by Gasteiger charge is -2.30. The van der Waals surface area contributed by atoms with Crippen molar-refractivity contribution in [1.82, 2.24) is 19.6 Å². The van der Waals surface area contributed by atoms with Gasteiger partial charge in [-0.15, -0.1) is 0 Å². The summed E-state index contributed by atoms with van der Waals surface area (Å²) in [5.41, 5.74) is 22.0. The zero-order valence-corrected chi connectivity index (χ0v) is 36.9. The van der Waals surface area contributed by atoms with Crippen LogP contribution in [0.15, 0.2) is 243 Å². The van der Waals surface area contributed by atoms with Crippen LogP contribution in [0.4, 0.5) is 0 Å². The third-order valence-corrected chi connectivity index (χ3v) is 14.2. The van der Waals surface area contributed by atoms with E-state index in [2.05, 4.69) is 241 Å². The summed E-state index contributed by atoms with van der Waals surface area (Å²) in [6.07, 6.45) is 0. The Kier molecular flexibility index (Phi) is 8.46. The summed E-state index contributed by atoms with van der Waals surface area (Å²) in [4.78, 5) is 10.7. The predicted octanol–water partition coefficient (Wildman–Crippen LogP) is 15.6. The molecule has 0 unspecified atom stereocenters. The van der Waals surface area contributed by atoms with Gasteiger partial charge in [0.25, 0.3) is 0 Å². The summed E-state index contributed by atoms with van der Waals surface area (Å²) in [7, 11) is 0. The number of hydrogen-bond donors (Lipinski definition) is 0. The maximum Gasteiger partial charge on any atom is 0.160 e. The molecule has 12 aromatic rings. The van der Waals surface area contributed by atoms with Gasteiger partial charge in [-0.1, -0.05) is 218 Å². The molecule has 0 N–H and O–H groups in total. The van der Waals surface area contributed by atoms with Crippen molar-refractivity contribution < 1.29 is 0 Å². The topological polar surface area (TPSA) is 43.1 Å². The van der Waals surface area contributed by atoms with Crippen LogP contribution in [0.2, 0.25) is 0 Å². The standard InChI is InChI=1S/C64H40N4/c1-4-19-41(20-5-1)60-61(42-21-6-2-7-22-42)67-68-59(39-44-25-10-11-28-48(44)62(60)68)47-27-18-26-45(37-47)57-40-58(66-63(65-57)43-23-8-3-9-24-43)46-35-36-52-51-31-14-17-34-55(51)64(56(52)38-46)53-32-15-12-29-49(53)50-30-13-16-33-54(50)64/h1-40H. The van der Waals surface area contributed by atoms with Crippen LogP contribution in [0.1, 0.15) is 22.3 Å². The smallest absolute Gasteiger partial charge is 0.160 e. The number of rotatable bonds is 6. The molecule has 0 aliphatic heterocycles. The first kappa shape index (κ1) is 38.3. The van der Waals surface area contributed by atoms with Crippen molar-refractivity contribution in [3.8, 4) is 89.8 Å². The Labute approximate surface area is 394 Å². The van der Waals surface area contributed by atoms with Crippen LogP contribution in [0.5, 0.6) is 0 Å². The van der Waals surface area contributed by atoms with Gasteiger partial charge in [0, 0.05) is 38.8 Å². The van der Waals surface area contributed by atoms with E-state index in [0.29, 0.717) is 5.82 Å². The SMILES string of the molecule is c1ccc(-c2nc(-c3cccc(-c4cc5ccccc5c5c(-c6ccccc6)c(-c6ccccc6)nn45)c3)cc(-c3ccc4c(c3)C3(c5ccccc5-c5ccccc53)c3ccccc3-4)n2)cc1. The highest BCUT2D eigenvalue weighted by atomic mass is 15.2. The van der Waals surface area contributed by atoms with E-state index in [-0.39, 0.29) is 0 Å². The van der Waals surface area contributed by atoms with Crippen molar-refractivity contribution in [2.75, 3.05) is 0 Å². The number of pyridine rings is 1. The molecule has 0 saturated carbocycles. The van der Waals surface area contributed by atoms with Crippen LogP contribution < -0.4 is 0 Å². The molecule has 2 aliphatic rings. The van der Waals surface area contributed by atoms with E-state index in [1.54, 1.807) is 0 Å². The van der Waals surface area contributed by atoms with E-state index in [1.165, 1.54) is 44.5 Å². The number of benzene rings is 9. The van der Waals surface area contributed by atoms with E-state index in [4.69, 9.17) is 15.1 Å². The normalized spacial score (nSPS) is 12.8. The molecule has 0 amide bonds. The van der Waals surface area contributed by atoms with Gasteiger partial charge < -0.3 is 0 Å². The second-order valence-electron chi connectivity index (χ2n) is 17.9. The molecule has 14 rings (SSSR count). The Bertz CT molecular complexity index is 3900. The summed E-state index contributed by atoms with van der Waals surface area (Å²) in [6.45, 7) is 0. The van der Waals surface area contributed by atoms with Gasteiger partial charge in [0.2, 0.25) is 0 Å². The quantitative estimate of drug-likeness (QED) is 0.167. The highest BCUT2D eigenvalue weighted by molar-refractivity contribution is 6.08. The second-order valence-corrected chi connectivity index (χ2v) is 17.9. The molecular formula is C64H40N4. The lowest BCUT2D eigenvalue weighted by molar-refractivity contribution is 0.794. The fourth-order valence-electron chi connectivity index (χ4n) is 11.3. The highest BCUT2D eigenvalue weighted by Crippen LogP contribution is 2.63. The van der Waals surface area contributed by atoms with Crippen LogP contribution >= 0.6 is 0 Å². The van der Waals surface area contributed by atoms with Crippen LogP contribution in [0.25, 0.3) is 106 Å². The van der Waals surface area contributed by atoms with Gasteiger partial charge in [-0.2, -0.15) is 5.10 Å². The van der Waals surface area contributed by atoms with Gasteiger partial charge in [0.15, 0.2) is 5.82 Å². The third kappa shape index (κ3) is 5.64. The monoisotopic (exact) mass is 864 g/mol. The van der Waals surface area contributed by atoms with Crippen molar-refractivity contribution in [2.45, 2.75) is 5.41 Å². The molecule has 4 nitrogen and oxygen atoms in total. The Balaban J connectivity index is 0.971. The molecule has 68 heavy (non-hydrogen) atoms. The van der Waals surface area contributed by atoms with Gasteiger partial charge in [-0.25, -0.2) is 14.5 Å². The van der Waals surface area contributed by atoms with Gasteiger partial charge in [-0.05, 0) is 79.7 Å². The molecule has 316 valence electrons. The van der Waals surface area contributed by atoms with Crippen molar-refractivity contribution in [2.24, 2.45) is 0 Å². The second kappa shape index (κ2) is 15.0. The van der Waals surface area contributed by atoms with E-state index in [1.807, 2.05) is 6.07 Å². The molecule has 9 aromatic carbocycles. The van der Waals surface area contributed by atoms with E-state index < -0.39 is 5.41 Å². The van der Waals surface area contributed by atoms with Gasteiger partial charge >= 0.3 is 0 Å². The molecule has 3 aromatic heterocycles. The number of aromatic nitrogens is 4. The highest BCUT2D eigenvalue weighted by Gasteiger charge is 2.51. The molecule has 0 saturated heterocycles. The van der Waals surface area contributed by atoms with E-state index in [9.17, 15) is 0 Å². The van der Waals surface area contributed by atoms with Crippen LogP contribution in [-0.2, 0) is 5.41 Å². The summed E-state index contributed by atoms with van der Waals surface area (Å²) < 4.78 is 2.16. The Morgan fingerprint density at radius 3 is 1.49 bits per heavy atom. The molecule has 2 aliphatic carbocycles. The summed E-state index contributed by atoms with van der Waals surface area (Å²) >= 11 is 0. The van der Waals surface area contributed by atoms with Crippen molar-refractivity contribution in [1.29, 1.82) is 0 Å². The minimum atomic E-state index is -0.458. The zero-order valence-electron chi connectivity index (χ0n) is 36.9. The predicted molar refractivity (Wildman–Crippen MR) is 277 cm³/mol. The third-order valence-electron chi connectivity index (χ3n) is 14.2. The van der Waals surface area contributed by atoms with Crippen molar-refractivity contribution in [3.63, 3.8) is 0 Å². The van der Waals surface area contributed by atoms with Gasteiger partial charge in [-0.3, -0.25) is 0 Å². The first-order chi connectivity index (χ1) is 33.7. The van der Waals surface area contributed by atoms with Crippen LogP contribution in [0.3, 0.4) is 0 Å². The number of nitrogens with zero attached hydrogens (tertiary/aromatic N) is 4. The zero-order chi connectivity index (χ0) is 44.8. The Morgan fingerprint density at radius 1 is 0.338 bits per heavy atom. The van der Waals surface area contributed by atoms with E-state index in [0.717, 1.165) is 78.0 Å². The first-order valence-electron chi connectivity index (χ1n) is 23.3. The van der Waals surface area contributed by atoms with Gasteiger partial charge in [0.1, 0.15) is 5.69 Å². The molecule has 3 heterocycles. The van der Waals surface area contributed by atoms with Crippen molar-refractivity contribution >= 4 is 16.3 Å². The summed E-state index contributed by atoms with van der Waals surface area (Å²) in [6, 6.07) is 87.2. The molecule has 0 radical (unpaired) electrons. The number of fused-ring (bicyclic) bond motifs is 13. The molecule has 4 heteroatoms. The van der Waals surface area contributed by atoms with Crippen LogP contribution in [-0.4, -0.2) is 19.6 Å². The molecule has 0 fully saturated rings. The fraction of sp³-hybridized carbons (Fsp3) is 0.0156. The average Bonchev–Trinajstić information content (AvgIpc) is 4.07. The maximum atomic E-state index is 5.49. The minimum Gasteiger partial charge on any atom is -0.231 e. The maximum absolute atomic E-state index is 5.49. The lowest BCUT2D eigenvalue weighted by Crippen LogP contribution is -2.25. The minimum absolute atomic E-state index is 0.458. The lowest BCUT2D eigenvalue weighted by atomic mass is 9.70. The average molecular weight is 865 g/mol. The summed E-state index contributed by atoms with van der Waals surface area (Å²) in [5, 5.41) is 7.79. The van der Waals surface area contributed by atoms with Gasteiger partial charge in [0.05, 0.1) is 28.0 Å². The molecule has 1 spiro atoms. The van der Waals surface area contributed by atoms with Crippen molar-refractivity contribution in [3.05, 3.63) is 265 Å². The molecule has 0 atom stereocenters. The first-order valence-corrected chi connectivity index (χ1v) is 23.3. The molecule has 0 bridgehead atoms. The van der Waals surface area contributed by atoms with E-state index >= 15 is 0 Å². The Hall–Kier alpha value is -8.99. The van der Waals surface area contributed by atoms with Crippen LogP contribution in [0, 0.1) is 0 Å². The molecular weight excluding hydrogens is 825 g/mol. The summed E-state index contributed by atoms with van der Waals surface area (Å²) in [5.74, 6) is 0.679. The Morgan fingerprint density at radius 2 is 0.838 bits per heavy atom. The number of hydrogen-bond acceptors (Lipinski definition) is 3. The largest absolute Gasteiger partial charge is 0.231 e. The fourth-order valence-corrected chi connectivity index (χ4v) is 11.3.